The van der Waals surface area contributed by atoms with Crippen molar-refractivity contribution >= 4 is 24.1 Å². The van der Waals surface area contributed by atoms with Crippen LogP contribution in [0.1, 0.15) is 33.3 Å². The second-order valence-corrected chi connectivity index (χ2v) is 7.27. The van der Waals surface area contributed by atoms with Crippen molar-refractivity contribution in [3.8, 4) is 0 Å². The van der Waals surface area contributed by atoms with Crippen molar-refractivity contribution in [3.63, 3.8) is 0 Å². The summed E-state index contributed by atoms with van der Waals surface area (Å²) in [6.45, 7) is 6.76. The van der Waals surface area contributed by atoms with Gasteiger partial charge in [-0.3, -0.25) is 4.90 Å². The van der Waals surface area contributed by atoms with Gasteiger partial charge in [-0.1, -0.05) is 23.9 Å². The Balaban J connectivity index is 3.04. The van der Waals surface area contributed by atoms with Gasteiger partial charge >= 0.3 is 6.09 Å². The number of hydrogen-bond acceptors (Lipinski definition) is 4. The maximum atomic E-state index is 12.4. The van der Waals surface area contributed by atoms with Crippen LogP contribution < -0.4 is 0 Å². The van der Waals surface area contributed by atoms with Gasteiger partial charge in [0, 0.05) is 11.9 Å². The molecule has 0 aliphatic heterocycles. The topological polar surface area (TPSA) is 46.6 Å². The molecule has 0 aromatic heterocycles. The highest BCUT2D eigenvalue weighted by molar-refractivity contribution is 7.99. The third-order valence-electron chi connectivity index (χ3n) is 3.26. The van der Waals surface area contributed by atoms with E-state index < -0.39 is 23.0 Å². The molecule has 0 N–H and O–H groups in total. The minimum atomic E-state index is -2.51. The number of alkyl halides is 2. The molecule has 0 aliphatic carbocycles. The first kappa shape index (κ1) is 19.4. The van der Waals surface area contributed by atoms with Crippen LogP contribution in [0.25, 0.3) is 0 Å². The molecular formula is C16H21F2NO3S. The number of carbonyl (C=O) groups excluding carboxylic acids is 2. The van der Waals surface area contributed by atoms with Gasteiger partial charge in [-0.05, 0) is 45.4 Å². The molecule has 0 spiro atoms. The molecule has 0 saturated carbocycles. The van der Waals surface area contributed by atoms with Gasteiger partial charge in [-0.25, -0.2) is 4.79 Å². The molecule has 1 aromatic rings. The number of thioether (sulfide) groups is 1. The summed E-state index contributed by atoms with van der Waals surface area (Å²) < 4.78 is 30.0. The molecule has 0 saturated heterocycles. The Morgan fingerprint density at radius 3 is 2.13 bits per heavy atom. The first-order valence-electron chi connectivity index (χ1n) is 6.98. The number of aldehydes is 1. The summed E-state index contributed by atoms with van der Waals surface area (Å²) in [4.78, 5) is 25.4. The highest BCUT2D eigenvalue weighted by Gasteiger charge is 2.36. The van der Waals surface area contributed by atoms with E-state index in [1.807, 2.05) is 0 Å². The van der Waals surface area contributed by atoms with Crippen LogP contribution in [0.2, 0.25) is 0 Å². The summed E-state index contributed by atoms with van der Waals surface area (Å²) in [5.74, 6) is -2.51. The molecule has 1 amide bonds. The van der Waals surface area contributed by atoms with Crippen molar-refractivity contribution in [3.05, 3.63) is 29.8 Å². The number of halogens is 2. The van der Waals surface area contributed by atoms with Crippen molar-refractivity contribution in [2.75, 3.05) is 7.05 Å². The van der Waals surface area contributed by atoms with Crippen LogP contribution in [-0.4, -0.2) is 35.7 Å². The first-order chi connectivity index (χ1) is 10.5. The number of benzene rings is 1. The lowest BCUT2D eigenvalue weighted by Gasteiger charge is -2.35. The van der Waals surface area contributed by atoms with Gasteiger partial charge in [0.1, 0.15) is 17.4 Å². The summed E-state index contributed by atoms with van der Waals surface area (Å²) in [6, 6.07) is 6.10. The smallest absolute Gasteiger partial charge is 0.411 e. The van der Waals surface area contributed by atoms with Crippen molar-refractivity contribution in [1.82, 2.24) is 4.90 Å². The lowest BCUT2D eigenvalue weighted by molar-refractivity contribution is -0.117. The second kappa shape index (κ2) is 7.29. The molecule has 1 atom stereocenters. The molecule has 4 nitrogen and oxygen atoms in total. The monoisotopic (exact) mass is 345 g/mol. The molecule has 1 unspecified atom stereocenters. The Labute approximate surface area is 139 Å². The highest BCUT2D eigenvalue weighted by atomic mass is 32.2. The van der Waals surface area contributed by atoms with E-state index >= 15 is 0 Å². The first-order valence-corrected chi connectivity index (χ1v) is 7.86. The number of ether oxygens (including phenoxy) is 1. The van der Waals surface area contributed by atoms with Crippen molar-refractivity contribution in [2.24, 2.45) is 0 Å². The summed E-state index contributed by atoms with van der Waals surface area (Å²) in [6.07, 6.45) is -0.00949. The molecule has 23 heavy (non-hydrogen) atoms. The third-order valence-corrected chi connectivity index (χ3v) is 3.98. The number of carbonyl (C=O) groups is 2. The SMILES string of the molecule is CN(C(=O)OC(C)(C)C)C(C)(C=O)c1ccc(SC(F)F)cc1. The maximum absolute atomic E-state index is 12.4. The number of hydrogen-bond donors (Lipinski definition) is 0. The van der Waals surface area contributed by atoms with Crippen molar-refractivity contribution in [2.45, 2.75) is 49.5 Å². The minimum Gasteiger partial charge on any atom is -0.444 e. The van der Waals surface area contributed by atoms with E-state index in [-0.39, 0.29) is 0 Å². The van der Waals surface area contributed by atoms with Crippen LogP contribution in [-0.2, 0) is 15.1 Å². The van der Waals surface area contributed by atoms with Crippen LogP contribution in [0.5, 0.6) is 0 Å². The van der Waals surface area contributed by atoms with Crippen molar-refractivity contribution in [1.29, 1.82) is 0 Å². The zero-order chi connectivity index (χ0) is 17.8. The van der Waals surface area contributed by atoms with Gasteiger partial charge in [0.15, 0.2) is 0 Å². The zero-order valence-electron chi connectivity index (χ0n) is 13.8. The van der Waals surface area contributed by atoms with Crippen LogP contribution in [0.4, 0.5) is 13.6 Å². The number of amides is 1. The normalized spacial score (nSPS) is 14.3. The Morgan fingerprint density at radius 2 is 1.74 bits per heavy atom. The second-order valence-electron chi connectivity index (χ2n) is 6.21. The Kier molecular flexibility index (Phi) is 6.16. The lowest BCUT2D eigenvalue weighted by atomic mass is 9.92. The molecule has 7 heteroatoms. The fraction of sp³-hybridized carbons (Fsp3) is 0.500. The largest absolute Gasteiger partial charge is 0.444 e. The van der Waals surface area contributed by atoms with Crippen LogP contribution in [0, 0.1) is 0 Å². The third kappa shape index (κ3) is 5.20. The molecule has 0 heterocycles. The van der Waals surface area contributed by atoms with Gasteiger partial charge in [0.25, 0.3) is 5.76 Å². The standard InChI is InChI=1S/C16H21F2NO3S/c1-15(2,3)22-14(21)19(5)16(4,10-20)11-6-8-12(9-7-11)23-13(17)18/h6-10,13H,1-5H3. The van der Waals surface area contributed by atoms with E-state index in [2.05, 4.69) is 0 Å². The average molecular weight is 345 g/mol. The van der Waals surface area contributed by atoms with E-state index in [4.69, 9.17) is 4.74 Å². The summed E-state index contributed by atoms with van der Waals surface area (Å²) in [7, 11) is 1.46. The van der Waals surface area contributed by atoms with E-state index in [0.717, 1.165) is 0 Å². The maximum Gasteiger partial charge on any atom is 0.411 e. The highest BCUT2D eigenvalue weighted by Crippen LogP contribution is 2.30. The molecular weight excluding hydrogens is 324 g/mol. The molecule has 0 radical (unpaired) electrons. The fourth-order valence-electron chi connectivity index (χ4n) is 1.83. The molecule has 128 valence electrons. The van der Waals surface area contributed by atoms with Gasteiger partial charge in [-0.2, -0.15) is 8.78 Å². The molecule has 1 aromatic carbocycles. The Bertz CT molecular complexity index is 557. The number of likely N-dealkylation sites (N-methyl/N-ethyl adjacent to an activating group) is 1. The van der Waals surface area contributed by atoms with Gasteiger partial charge in [0.05, 0.1) is 0 Å². The van der Waals surface area contributed by atoms with E-state index in [1.54, 1.807) is 39.8 Å². The number of nitrogens with zero attached hydrogens (tertiary/aromatic N) is 1. The van der Waals surface area contributed by atoms with Gasteiger partial charge in [-0.15, -0.1) is 0 Å². The molecule has 0 aliphatic rings. The van der Waals surface area contributed by atoms with E-state index in [1.165, 1.54) is 24.1 Å². The van der Waals surface area contributed by atoms with Crippen LogP contribution >= 0.6 is 11.8 Å². The summed E-state index contributed by atoms with van der Waals surface area (Å²) in [5, 5.41) is 0. The van der Waals surface area contributed by atoms with E-state index in [0.29, 0.717) is 28.5 Å². The van der Waals surface area contributed by atoms with Crippen LogP contribution in [0.3, 0.4) is 0 Å². The fourth-order valence-corrected chi connectivity index (χ4v) is 2.33. The quantitative estimate of drug-likeness (QED) is 0.590. The Morgan fingerprint density at radius 1 is 1.22 bits per heavy atom. The van der Waals surface area contributed by atoms with E-state index in [9.17, 15) is 18.4 Å². The van der Waals surface area contributed by atoms with Gasteiger partial charge in [0.2, 0.25) is 0 Å². The predicted molar refractivity (Wildman–Crippen MR) is 85.7 cm³/mol. The number of rotatable bonds is 5. The molecule has 0 bridgehead atoms. The molecule has 1 rings (SSSR count). The lowest BCUT2D eigenvalue weighted by Crippen LogP contribution is -2.48. The summed E-state index contributed by atoms with van der Waals surface area (Å²) in [5.41, 5.74) is -1.43. The summed E-state index contributed by atoms with van der Waals surface area (Å²) >= 11 is 0.421. The average Bonchev–Trinajstić information content (AvgIpc) is 2.44. The predicted octanol–water partition coefficient (Wildman–Crippen LogP) is 4.28. The van der Waals surface area contributed by atoms with Crippen LogP contribution in [0.15, 0.2) is 29.2 Å². The van der Waals surface area contributed by atoms with Crippen molar-refractivity contribution < 1.29 is 23.1 Å². The van der Waals surface area contributed by atoms with Gasteiger partial charge < -0.3 is 9.53 Å². The Hall–Kier alpha value is -1.63. The minimum absolute atomic E-state index is 0.386. The molecule has 0 fully saturated rings. The zero-order valence-corrected chi connectivity index (χ0v) is 14.6.